The number of aliphatic hydroxyl groups excluding tert-OH is 1. The van der Waals surface area contributed by atoms with Crippen LogP contribution in [0.15, 0.2) is 29.8 Å². The number of aryl methyl sites for hydroxylation is 1. The van der Waals surface area contributed by atoms with Gasteiger partial charge in [0.15, 0.2) is 0 Å². The second kappa shape index (κ2) is 10.4. The van der Waals surface area contributed by atoms with E-state index in [1.54, 1.807) is 16.2 Å². The fraction of sp³-hybridized carbons (Fsp3) is 0.500. The van der Waals surface area contributed by atoms with E-state index in [2.05, 4.69) is 15.6 Å². The van der Waals surface area contributed by atoms with E-state index in [-0.39, 0.29) is 11.8 Å². The molecule has 9 heteroatoms. The van der Waals surface area contributed by atoms with Gasteiger partial charge in [-0.15, -0.1) is 11.3 Å². The highest BCUT2D eigenvalue weighted by Gasteiger charge is 2.41. The first-order valence-electron chi connectivity index (χ1n) is 11.1. The normalized spacial score (nSPS) is 17.0. The van der Waals surface area contributed by atoms with Crippen LogP contribution in [0.2, 0.25) is 0 Å². The maximum atomic E-state index is 13.3. The van der Waals surface area contributed by atoms with Crippen LogP contribution in [0.4, 0.5) is 0 Å². The molecular weight excluding hydrogens is 440 g/mol. The van der Waals surface area contributed by atoms with Gasteiger partial charge in [-0.05, 0) is 36.3 Å². The molecule has 3 amide bonds. The molecule has 0 unspecified atom stereocenters. The summed E-state index contributed by atoms with van der Waals surface area (Å²) in [7, 11) is 0. The molecule has 2 aromatic rings. The molecule has 1 aromatic carbocycles. The molecule has 33 heavy (non-hydrogen) atoms. The average Bonchev–Trinajstić information content (AvgIpc) is 3.44. The number of aromatic nitrogens is 1. The number of rotatable bonds is 7. The molecule has 8 nitrogen and oxygen atoms in total. The SMILES string of the molecule is Cc1ncsc1-c1ccc(CNC(=O)[C@@H]2CCCN2C(=O)[C@@H](NC(=O)CO)C(C)(C)C)cc1. The van der Waals surface area contributed by atoms with Crippen molar-refractivity contribution in [2.75, 3.05) is 13.2 Å². The Hall–Kier alpha value is -2.78. The Labute approximate surface area is 198 Å². The standard InChI is InChI=1S/C24H32N4O4S/c1-15-20(33-14-26-15)17-9-7-16(8-10-17)12-25-22(31)18-6-5-11-28(18)23(32)21(24(2,3)4)27-19(30)13-29/h7-10,14,18,21,29H,5-6,11-13H2,1-4H3,(H,25,31)(H,27,30)/t18-,21+/m0/s1. The Morgan fingerprint density at radius 3 is 2.52 bits per heavy atom. The van der Waals surface area contributed by atoms with Crippen LogP contribution in [0.3, 0.4) is 0 Å². The molecule has 0 radical (unpaired) electrons. The lowest BCUT2D eigenvalue weighted by atomic mass is 9.85. The Balaban J connectivity index is 1.63. The van der Waals surface area contributed by atoms with E-state index in [0.29, 0.717) is 19.5 Å². The summed E-state index contributed by atoms with van der Waals surface area (Å²) in [6.07, 6.45) is 1.30. The summed E-state index contributed by atoms with van der Waals surface area (Å²) in [5, 5.41) is 14.7. The number of hydrogen-bond donors (Lipinski definition) is 3. The van der Waals surface area contributed by atoms with Gasteiger partial charge in [0.25, 0.3) is 0 Å². The van der Waals surface area contributed by atoms with Crippen LogP contribution >= 0.6 is 11.3 Å². The summed E-state index contributed by atoms with van der Waals surface area (Å²) in [5.41, 5.74) is 4.32. The van der Waals surface area contributed by atoms with Gasteiger partial charge in [0.1, 0.15) is 18.7 Å². The fourth-order valence-electron chi connectivity index (χ4n) is 3.98. The molecule has 3 N–H and O–H groups in total. The first-order valence-corrected chi connectivity index (χ1v) is 12.0. The highest BCUT2D eigenvalue weighted by molar-refractivity contribution is 7.13. The number of amides is 3. The summed E-state index contributed by atoms with van der Waals surface area (Å²) in [5.74, 6) is -1.11. The van der Waals surface area contributed by atoms with Gasteiger partial charge in [0, 0.05) is 13.1 Å². The van der Waals surface area contributed by atoms with E-state index in [0.717, 1.165) is 28.1 Å². The molecule has 3 rings (SSSR count). The number of nitrogens with one attached hydrogen (secondary N) is 2. The van der Waals surface area contributed by atoms with Crippen LogP contribution in [0.25, 0.3) is 10.4 Å². The second-order valence-electron chi connectivity index (χ2n) is 9.40. The number of hydrogen-bond acceptors (Lipinski definition) is 6. The average molecular weight is 473 g/mol. The summed E-state index contributed by atoms with van der Waals surface area (Å²) >= 11 is 1.60. The Morgan fingerprint density at radius 2 is 1.94 bits per heavy atom. The third kappa shape index (κ3) is 5.97. The number of thiazole rings is 1. The lowest BCUT2D eigenvalue weighted by Gasteiger charge is -2.35. The van der Waals surface area contributed by atoms with Crippen LogP contribution in [-0.2, 0) is 20.9 Å². The molecule has 1 aliphatic rings. The molecule has 0 saturated carbocycles. The number of aliphatic hydroxyl groups is 1. The van der Waals surface area contributed by atoms with Gasteiger partial charge >= 0.3 is 0 Å². The van der Waals surface area contributed by atoms with Crippen molar-refractivity contribution in [2.24, 2.45) is 5.41 Å². The predicted molar refractivity (Wildman–Crippen MR) is 127 cm³/mol. The van der Waals surface area contributed by atoms with Crippen LogP contribution in [0.1, 0.15) is 44.9 Å². The largest absolute Gasteiger partial charge is 0.387 e. The Bertz CT molecular complexity index is 997. The van der Waals surface area contributed by atoms with Crippen molar-refractivity contribution < 1.29 is 19.5 Å². The molecule has 1 fully saturated rings. The van der Waals surface area contributed by atoms with E-state index >= 15 is 0 Å². The molecule has 1 aromatic heterocycles. The number of carbonyl (C=O) groups excluding carboxylic acids is 3. The fourth-order valence-corrected chi connectivity index (χ4v) is 4.80. The molecule has 0 spiro atoms. The van der Waals surface area contributed by atoms with Gasteiger partial charge in [0.2, 0.25) is 17.7 Å². The molecule has 1 aliphatic heterocycles. The van der Waals surface area contributed by atoms with E-state index in [1.165, 1.54) is 0 Å². The second-order valence-corrected chi connectivity index (χ2v) is 10.3. The molecule has 178 valence electrons. The zero-order chi connectivity index (χ0) is 24.2. The molecular formula is C24H32N4O4S. The highest BCUT2D eigenvalue weighted by Crippen LogP contribution is 2.28. The van der Waals surface area contributed by atoms with Crippen LogP contribution < -0.4 is 10.6 Å². The van der Waals surface area contributed by atoms with Crippen molar-refractivity contribution in [1.29, 1.82) is 0 Å². The summed E-state index contributed by atoms with van der Waals surface area (Å²) in [6, 6.07) is 6.59. The van der Waals surface area contributed by atoms with E-state index < -0.39 is 30.0 Å². The van der Waals surface area contributed by atoms with Crippen molar-refractivity contribution in [1.82, 2.24) is 20.5 Å². The molecule has 0 aliphatic carbocycles. The maximum Gasteiger partial charge on any atom is 0.246 e. The molecule has 2 heterocycles. The zero-order valence-electron chi connectivity index (χ0n) is 19.6. The number of nitrogens with zero attached hydrogens (tertiary/aromatic N) is 2. The first kappa shape index (κ1) is 24.9. The summed E-state index contributed by atoms with van der Waals surface area (Å²) in [6.45, 7) is 7.64. The number of benzene rings is 1. The highest BCUT2D eigenvalue weighted by atomic mass is 32.1. The van der Waals surface area contributed by atoms with Gasteiger partial charge in [-0.2, -0.15) is 0 Å². The van der Waals surface area contributed by atoms with Crippen molar-refractivity contribution >= 4 is 29.1 Å². The van der Waals surface area contributed by atoms with Crippen molar-refractivity contribution in [3.8, 4) is 10.4 Å². The Morgan fingerprint density at radius 1 is 1.24 bits per heavy atom. The van der Waals surface area contributed by atoms with Gasteiger partial charge in [-0.25, -0.2) is 4.98 Å². The third-order valence-corrected chi connectivity index (χ3v) is 6.81. The molecule has 2 atom stereocenters. The van der Waals surface area contributed by atoms with Crippen LogP contribution in [0, 0.1) is 12.3 Å². The monoisotopic (exact) mass is 472 g/mol. The quantitative estimate of drug-likeness (QED) is 0.572. The van der Waals surface area contributed by atoms with E-state index in [9.17, 15) is 14.4 Å². The van der Waals surface area contributed by atoms with Gasteiger partial charge in [-0.3, -0.25) is 14.4 Å². The van der Waals surface area contributed by atoms with Crippen molar-refractivity contribution in [3.63, 3.8) is 0 Å². The first-order chi connectivity index (χ1) is 15.6. The van der Waals surface area contributed by atoms with Crippen LogP contribution in [0.5, 0.6) is 0 Å². The topological polar surface area (TPSA) is 112 Å². The third-order valence-electron chi connectivity index (χ3n) is 5.83. The minimum Gasteiger partial charge on any atom is -0.387 e. The number of likely N-dealkylation sites (tertiary alicyclic amines) is 1. The number of carbonyl (C=O) groups is 3. The van der Waals surface area contributed by atoms with Crippen molar-refractivity contribution in [2.45, 2.75) is 59.2 Å². The van der Waals surface area contributed by atoms with Crippen LogP contribution in [-0.4, -0.2) is 57.9 Å². The lowest BCUT2D eigenvalue weighted by Crippen LogP contribution is -2.58. The van der Waals surface area contributed by atoms with E-state index in [1.807, 2.05) is 57.5 Å². The minimum absolute atomic E-state index is 0.204. The van der Waals surface area contributed by atoms with Gasteiger partial charge in [0.05, 0.1) is 16.1 Å². The smallest absolute Gasteiger partial charge is 0.246 e. The summed E-state index contributed by atoms with van der Waals surface area (Å²) < 4.78 is 0. The Kier molecular flexibility index (Phi) is 7.86. The van der Waals surface area contributed by atoms with Gasteiger partial charge in [-0.1, -0.05) is 45.0 Å². The van der Waals surface area contributed by atoms with Gasteiger partial charge < -0.3 is 20.6 Å². The maximum absolute atomic E-state index is 13.3. The predicted octanol–water partition coefficient (Wildman–Crippen LogP) is 2.25. The van der Waals surface area contributed by atoms with Crippen molar-refractivity contribution in [3.05, 3.63) is 41.0 Å². The molecule has 1 saturated heterocycles. The van der Waals surface area contributed by atoms with E-state index in [4.69, 9.17) is 5.11 Å². The summed E-state index contributed by atoms with van der Waals surface area (Å²) in [4.78, 5) is 44.9. The minimum atomic E-state index is -0.826. The molecule has 0 bridgehead atoms. The zero-order valence-corrected chi connectivity index (χ0v) is 20.4. The lowest BCUT2D eigenvalue weighted by molar-refractivity contribution is -0.144.